The van der Waals surface area contributed by atoms with Gasteiger partial charge >= 0.3 is 0 Å². The number of nitriles is 3. The fraction of sp³-hybridized carbons (Fsp3) is 0.250. The van der Waals surface area contributed by atoms with E-state index in [4.69, 9.17) is 5.73 Å². The molecule has 5 heteroatoms. The summed E-state index contributed by atoms with van der Waals surface area (Å²) in [6, 6.07) is 20.4. The zero-order chi connectivity index (χ0) is 20.4. The minimum absolute atomic E-state index is 0.0551. The van der Waals surface area contributed by atoms with Crippen LogP contribution in [0.25, 0.3) is 0 Å². The van der Waals surface area contributed by atoms with E-state index in [0.29, 0.717) is 0 Å². The first-order valence-electron chi connectivity index (χ1n) is 9.54. The van der Waals surface area contributed by atoms with E-state index >= 15 is 0 Å². The first-order chi connectivity index (χ1) is 14.2. The van der Waals surface area contributed by atoms with Crippen LogP contribution in [0.15, 0.2) is 77.8 Å². The van der Waals surface area contributed by atoms with Crippen LogP contribution in [0, 0.1) is 45.3 Å². The summed E-state index contributed by atoms with van der Waals surface area (Å²) in [6.07, 6.45) is 6.96. The number of hydrogen-bond donors (Lipinski definition) is 1. The van der Waals surface area contributed by atoms with Gasteiger partial charge in [-0.25, -0.2) is 0 Å². The Labute approximate surface area is 170 Å². The zero-order valence-electron chi connectivity index (χ0n) is 15.8. The highest BCUT2D eigenvalue weighted by molar-refractivity contribution is 5.59. The van der Waals surface area contributed by atoms with E-state index in [1.807, 2.05) is 24.3 Å². The van der Waals surface area contributed by atoms with Crippen LogP contribution in [0.1, 0.15) is 35.8 Å². The second-order valence-electron chi connectivity index (χ2n) is 7.54. The Hall–Kier alpha value is -3.88. The second-order valence-corrected chi connectivity index (χ2v) is 7.54. The number of rotatable bonds is 2. The highest BCUT2D eigenvalue weighted by atomic mass is 14.7. The molecule has 2 N–H and O–H groups in total. The van der Waals surface area contributed by atoms with Crippen LogP contribution in [0.5, 0.6) is 0 Å². The minimum atomic E-state index is -1.60. The molecule has 0 saturated heterocycles. The van der Waals surface area contributed by atoms with Crippen molar-refractivity contribution in [1.82, 2.24) is 4.98 Å². The van der Waals surface area contributed by atoms with Crippen molar-refractivity contribution in [3.63, 3.8) is 0 Å². The molecule has 0 unspecified atom stereocenters. The molecule has 140 valence electrons. The number of nitrogens with two attached hydrogens (primary N) is 1. The molecular formula is C24H19N5. The van der Waals surface area contributed by atoms with Gasteiger partial charge in [-0.3, -0.25) is 4.98 Å². The van der Waals surface area contributed by atoms with Gasteiger partial charge in [0.2, 0.25) is 0 Å². The van der Waals surface area contributed by atoms with Crippen LogP contribution in [-0.2, 0) is 0 Å². The molecule has 1 aromatic carbocycles. The summed E-state index contributed by atoms with van der Waals surface area (Å²) < 4.78 is 0. The molecule has 0 fully saturated rings. The maximum Gasteiger partial charge on any atom is 0.191 e. The predicted molar refractivity (Wildman–Crippen MR) is 107 cm³/mol. The topological polar surface area (TPSA) is 110 Å². The Kier molecular flexibility index (Phi) is 4.63. The van der Waals surface area contributed by atoms with E-state index in [2.05, 4.69) is 41.4 Å². The lowest BCUT2D eigenvalue weighted by Crippen LogP contribution is -2.43. The van der Waals surface area contributed by atoms with E-state index in [1.165, 1.54) is 5.56 Å². The molecular weight excluding hydrogens is 358 g/mol. The first kappa shape index (κ1) is 18.5. The summed E-state index contributed by atoms with van der Waals surface area (Å²) in [5.41, 5.74) is 7.92. The molecule has 0 bridgehead atoms. The summed E-state index contributed by atoms with van der Waals surface area (Å²) in [7, 11) is 0. The molecule has 0 radical (unpaired) electrons. The number of hydrogen-bond acceptors (Lipinski definition) is 5. The van der Waals surface area contributed by atoms with Gasteiger partial charge in [0.1, 0.15) is 6.07 Å². The smallest absolute Gasteiger partial charge is 0.191 e. The monoisotopic (exact) mass is 377 g/mol. The summed E-state index contributed by atoms with van der Waals surface area (Å²) in [6.45, 7) is 0. The summed E-state index contributed by atoms with van der Waals surface area (Å²) in [5, 5.41) is 30.0. The maximum absolute atomic E-state index is 10.1. The third kappa shape index (κ3) is 2.78. The van der Waals surface area contributed by atoms with Gasteiger partial charge in [0.25, 0.3) is 0 Å². The number of pyridine rings is 1. The quantitative estimate of drug-likeness (QED) is 0.848. The molecule has 5 nitrogen and oxygen atoms in total. The zero-order valence-corrected chi connectivity index (χ0v) is 15.8. The molecule has 2 aliphatic carbocycles. The number of benzene rings is 1. The number of aromatic nitrogens is 1. The van der Waals surface area contributed by atoms with Gasteiger partial charge in [0, 0.05) is 18.3 Å². The van der Waals surface area contributed by atoms with E-state index in [-0.39, 0.29) is 23.1 Å². The Bertz CT molecular complexity index is 1100. The molecule has 2 aromatic rings. The van der Waals surface area contributed by atoms with Crippen molar-refractivity contribution >= 4 is 0 Å². The Morgan fingerprint density at radius 3 is 2.34 bits per heavy atom. The molecule has 3 atom stereocenters. The van der Waals surface area contributed by atoms with E-state index < -0.39 is 11.3 Å². The van der Waals surface area contributed by atoms with Crippen LogP contribution in [-0.4, -0.2) is 4.98 Å². The lowest BCUT2D eigenvalue weighted by atomic mass is 9.55. The van der Waals surface area contributed by atoms with Crippen molar-refractivity contribution < 1.29 is 0 Å². The van der Waals surface area contributed by atoms with Crippen molar-refractivity contribution in [2.75, 3.05) is 0 Å². The van der Waals surface area contributed by atoms with Gasteiger partial charge in [-0.1, -0.05) is 42.5 Å². The third-order valence-corrected chi connectivity index (χ3v) is 6.19. The molecule has 29 heavy (non-hydrogen) atoms. The van der Waals surface area contributed by atoms with Crippen molar-refractivity contribution in [2.45, 2.75) is 24.7 Å². The summed E-state index contributed by atoms with van der Waals surface area (Å²) in [4.78, 5) is 4.21. The van der Waals surface area contributed by atoms with Crippen LogP contribution >= 0.6 is 0 Å². The largest absolute Gasteiger partial charge is 0.399 e. The maximum atomic E-state index is 10.1. The van der Waals surface area contributed by atoms with E-state index in [0.717, 1.165) is 24.0 Å². The van der Waals surface area contributed by atoms with Crippen molar-refractivity contribution in [1.29, 1.82) is 15.8 Å². The Morgan fingerprint density at radius 1 is 1.00 bits per heavy atom. The highest BCUT2D eigenvalue weighted by Gasteiger charge is 2.54. The molecule has 1 heterocycles. The number of fused-ring (bicyclic) bond motifs is 1. The van der Waals surface area contributed by atoms with Crippen LogP contribution in [0.2, 0.25) is 0 Å². The standard InChI is InChI=1S/C24H19N5/c25-12-21-19-9-8-17(16-5-2-1-3-6-16)11-20(19)22(18-7-4-10-29-13-18)24(14-26,15-27)23(21)28/h1-7,9-10,13,17,20,22H,8,11,28H2/t17-,20-,22+/m1/s1. The van der Waals surface area contributed by atoms with Gasteiger partial charge in [-0.05, 0) is 47.4 Å². The van der Waals surface area contributed by atoms with Crippen LogP contribution in [0.3, 0.4) is 0 Å². The molecule has 0 saturated carbocycles. The second kappa shape index (κ2) is 7.27. The minimum Gasteiger partial charge on any atom is -0.399 e. The van der Waals surface area contributed by atoms with E-state index in [1.54, 1.807) is 18.5 Å². The molecule has 1 aromatic heterocycles. The van der Waals surface area contributed by atoms with Gasteiger partial charge < -0.3 is 5.73 Å². The Balaban J connectivity index is 1.93. The predicted octanol–water partition coefficient (Wildman–Crippen LogP) is 4.07. The average molecular weight is 377 g/mol. The fourth-order valence-corrected chi connectivity index (χ4v) is 4.82. The van der Waals surface area contributed by atoms with Gasteiger partial charge in [0.15, 0.2) is 5.41 Å². The molecule has 0 aliphatic heterocycles. The molecule has 2 aliphatic rings. The van der Waals surface area contributed by atoms with Gasteiger partial charge in [0.05, 0.1) is 23.4 Å². The SMILES string of the molecule is N#CC1=C(N)C(C#N)(C#N)[C@@H](c2cccnc2)[C@@H]2C[C@H](c3ccccc3)CC=C12. The number of allylic oxidation sites excluding steroid dienone is 4. The normalized spacial score (nSPS) is 25.0. The Morgan fingerprint density at radius 2 is 1.72 bits per heavy atom. The van der Waals surface area contributed by atoms with Crippen LogP contribution in [0.4, 0.5) is 0 Å². The lowest BCUT2D eigenvalue weighted by Gasteiger charge is -2.44. The van der Waals surface area contributed by atoms with Gasteiger partial charge in [-0.2, -0.15) is 15.8 Å². The van der Waals surface area contributed by atoms with Gasteiger partial charge in [-0.15, -0.1) is 0 Å². The number of nitrogens with zero attached hydrogens (tertiary/aromatic N) is 4. The summed E-state index contributed by atoms with van der Waals surface area (Å²) in [5.74, 6) is -0.404. The molecule has 0 spiro atoms. The first-order valence-corrected chi connectivity index (χ1v) is 9.54. The summed E-state index contributed by atoms with van der Waals surface area (Å²) >= 11 is 0. The highest BCUT2D eigenvalue weighted by Crippen LogP contribution is 2.57. The average Bonchev–Trinajstić information content (AvgIpc) is 2.79. The van der Waals surface area contributed by atoms with Crippen molar-refractivity contribution in [3.8, 4) is 18.2 Å². The van der Waals surface area contributed by atoms with Crippen molar-refractivity contribution in [3.05, 3.63) is 88.9 Å². The fourth-order valence-electron chi connectivity index (χ4n) is 4.82. The molecule has 4 rings (SSSR count). The third-order valence-electron chi connectivity index (χ3n) is 6.19. The van der Waals surface area contributed by atoms with Crippen LogP contribution < -0.4 is 5.73 Å². The van der Waals surface area contributed by atoms with E-state index in [9.17, 15) is 15.8 Å². The van der Waals surface area contributed by atoms with Crippen molar-refractivity contribution in [2.24, 2.45) is 17.1 Å². The lowest BCUT2D eigenvalue weighted by molar-refractivity contribution is 0.302. The molecule has 0 amide bonds.